The number of hydrogen-bond acceptors (Lipinski definition) is 5. The average Bonchev–Trinajstić information content (AvgIpc) is 3.23. The fraction of sp³-hybridized carbons (Fsp3) is 0.556. The van der Waals surface area contributed by atoms with Crippen LogP contribution < -0.4 is 4.90 Å². The SMILES string of the molecule is O=C(C1CCN(c2cc(-n3ccnc3)ncn2)CC1)N1CCCCC1. The van der Waals surface area contributed by atoms with Crippen LogP contribution in [-0.2, 0) is 4.79 Å². The molecule has 0 aliphatic carbocycles. The zero-order valence-electron chi connectivity index (χ0n) is 14.4. The van der Waals surface area contributed by atoms with Crippen molar-refractivity contribution in [2.45, 2.75) is 32.1 Å². The summed E-state index contributed by atoms with van der Waals surface area (Å²) in [5, 5.41) is 0. The highest BCUT2D eigenvalue weighted by Crippen LogP contribution is 2.25. The predicted molar refractivity (Wildman–Crippen MR) is 94.5 cm³/mol. The Hall–Kier alpha value is -2.44. The van der Waals surface area contributed by atoms with E-state index in [1.165, 1.54) is 6.42 Å². The van der Waals surface area contributed by atoms with Crippen molar-refractivity contribution in [2.24, 2.45) is 5.92 Å². The molecule has 0 spiro atoms. The van der Waals surface area contributed by atoms with E-state index in [-0.39, 0.29) is 5.92 Å². The normalized spacial score (nSPS) is 19.2. The molecule has 2 aromatic rings. The first-order valence-corrected chi connectivity index (χ1v) is 9.15. The van der Waals surface area contributed by atoms with E-state index in [9.17, 15) is 4.79 Å². The molecule has 7 nitrogen and oxygen atoms in total. The first kappa shape index (κ1) is 16.1. The van der Waals surface area contributed by atoms with Gasteiger partial charge in [-0.1, -0.05) is 0 Å². The Morgan fingerprint density at radius 2 is 1.76 bits per heavy atom. The van der Waals surface area contributed by atoms with Crippen LogP contribution >= 0.6 is 0 Å². The van der Waals surface area contributed by atoms with Crippen molar-refractivity contribution in [3.05, 3.63) is 31.1 Å². The number of piperidine rings is 2. The molecule has 0 unspecified atom stereocenters. The highest BCUT2D eigenvalue weighted by atomic mass is 16.2. The highest BCUT2D eigenvalue weighted by Gasteiger charge is 2.29. The third-order valence-corrected chi connectivity index (χ3v) is 5.24. The minimum Gasteiger partial charge on any atom is -0.356 e. The first-order valence-electron chi connectivity index (χ1n) is 9.15. The molecule has 2 aliphatic heterocycles. The number of rotatable bonds is 3. The van der Waals surface area contributed by atoms with Gasteiger partial charge in [0, 0.05) is 50.6 Å². The number of carbonyl (C=O) groups excluding carboxylic acids is 1. The molecule has 4 heterocycles. The molecule has 2 fully saturated rings. The van der Waals surface area contributed by atoms with Crippen LogP contribution in [-0.4, -0.2) is 56.5 Å². The van der Waals surface area contributed by atoms with Crippen LogP contribution in [0.15, 0.2) is 31.1 Å². The van der Waals surface area contributed by atoms with Crippen molar-refractivity contribution in [2.75, 3.05) is 31.1 Å². The second kappa shape index (κ2) is 7.21. The van der Waals surface area contributed by atoms with Crippen molar-refractivity contribution in [3.63, 3.8) is 0 Å². The Balaban J connectivity index is 1.38. The predicted octanol–water partition coefficient (Wildman–Crippen LogP) is 1.89. The molecular weight excluding hydrogens is 316 g/mol. The topological polar surface area (TPSA) is 67.2 Å². The number of likely N-dealkylation sites (tertiary alicyclic amines) is 1. The molecular formula is C18H24N6O. The Morgan fingerprint density at radius 1 is 1.00 bits per heavy atom. The van der Waals surface area contributed by atoms with Gasteiger partial charge in [-0.3, -0.25) is 9.36 Å². The highest BCUT2D eigenvalue weighted by molar-refractivity contribution is 5.79. The van der Waals surface area contributed by atoms with E-state index in [2.05, 4.69) is 24.8 Å². The summed E-state index contributed by atoms with van der Waals surface area (Å²) in [7, 11) is 0. The van der Waals surface area contributed by atoms with Gasteiger partial charge in [0.2, 0.25) is 5.91 Å². The summed E-state index contributed by atoms with van der Waals surface area (Å²) >= 11 is 0. The summed E-state index contributed by atoms with van der Waals surface area (Å²) < 4.78 is 1.87. The second-order valence-corrected chi connectivity index (χ2v) is 6.85. The summed E-state index contributed by atoms with van der Waals surface area (Å²) in [4.78, 5) is 29.8. The molecule has 2 aliphatic rings. The zero-order valence-corrected chi connectivity index (χ0v) is 14.4. The third kappa shape index (κ3) is 3.50. The van der Waals surface area contributed by atoms with Crippen molar-refractivity contribution in [1.82, 2.24) is 24.4 Å². The molecule has 0 N–H and O–H groups in total. The van der Waals surface area contributed by atoms with E-state index in [1.54, 1.807) is 18.9 Å². The van der Waals surface area contributed by atoms with Gasteiger partial charge in [0.25, 0.3) is 0 Å². The Bertz CT molecular complexity index is 702. The first-order chi connectivity index (χ1) is 12.3. The summed E-state index contributed by atoms with van der Waals surface area (Å²) in [6, 6.07) is 1.98. The number of anilines is 1. The standard InChI is InChI=1S/C18H24N6O/c25-18(23-7-2-1-3-8-23)15-4-9-22(10-5-15)16-12-17(21-13-20-16)24-11-6-19-14-24/h6,11-15H,1-5,7-10H2. The molecule has 7 heteroatoms. The van der Waals surface area contributed by atoms with Crippen molar-refractivity contribution in [1.29, 1.82) is 0 Å². The number of hydrogen-bond donors (Lipinski definition) is 0. The van der Waals surface area contributed by atoms with Gasteiger partial charge in [0.15, 0.2) is 0 Å². The molecule has 0 saturated carbocycles. The third-order valence-electron chi connectivity index (χ3n) is 5.24. The molecule has 2 aromatic heterocycles. The lowest BCUT2D eigenvalue weighted by atomic mass is 9.94. The van der Waals surface area contributed by atoms with Gasteiger partial charge in [0.05, 0.1) is 0 Å². The Morgan fingerprint density at radius 3 is 2.48 bits per heavy atom. The van der Waals surface area contributed by atoms with E-state index < -0.39 is 0 Å². The van der Waals surface area contributed by atoms with Crippen molar-refractivity contribution < 1.29 is 4.79 Å². The van der Waals surface area contributed by atoms with E-state index in [0.717, 1.165) is 63.5 Å². The van der Waals surface area contributed by atoms with Gasteiger partial charge in [-0.2, -0.15) is 0 Å². The summed E-state index contributed by atoms with van der Waals surface area (Å²) in [6.07, 6.45) is 12.3. The van der Waals surface area contributed by atoms with Crippen LogP contribution in [0.2, 0.25) is 0 Å². The van der Waals surface area contributed by atoms with Crippen molar-refractivity contribution >= 4 is 11.7 Å². The van der Waals surface area contributed by atoms with E-state index in [4.69, 9.17) is 0 Å². The number of aromatic nitrogens is 4. The van der Waals surface area contributed by atoms with Gasteiger partial charge < -0.3 is 9.80 Å². The Labute approximate surface area is 147 Å². The zero-order chi connectivity index (χ0) is 17.1. The molecule has 0 aromatic carbocycles. The number of imidazole rings is 1. The number of nitrogens with zero attached hydrogens (tertiary/aromatic N) is 6. The van der Waals surface area contributed by atoms with Crippen LogP contribution in [0, 0.1) is 5.92 Å². The summed E-state index contributed by atoms with van der Waals surface area (Å²) in [5.74, 6) is 2.27. The van der Waals surface area contributed by atoms with Crippen LogP contribution in [0.4, 0.5) is 5.82 Å². The van der Waals surface area contributed by atoms with Gasteiger partial charge >= 0.3 is 0 Å². The van der Waals surface area contributed by atoms with Crippen LogP contribution in [0.25, 0.3) is 5.82 Å². The molecule has 0 atom stereocenters. The average molecular weight is 340 g/mol. The summed E-state index contributed by atoms with van der Waals surface area (Å²) in [6.45, 7) is 3.62. The van der Waals surface area contributed by atoms with Crippen LogP contribution in [0.5, 0.6) is 0 Å². The maximum absolute atomic E-state index is 12.7. The molecule has 1 amide bonds. The lowest BCUT2D eigenvalue weighted by molar-refractivity contribution is -0.137. The Kier molecular flexibility index (Phi) is 4.63. The summed E-state index contributed by atoms with van der Waals surface area (Å²) in [5.41, 5.74) is 0. The molecule has 25 heavy (non-hydrogen) atoms. The quantitative estimate of drug-likeness (QED) is 0.853. The number of carbonyl (C=O) groups is 1. The second-order valence-electron chi connectivity index (χ2n) is 6.85. The van der Waals surface area contributed by atoms with E-state index in [0.29, 0.717) is 5.91 Å². The van der Waals surface area contributed by atoms with Crippen LogP contribution in [0.3, 0.4) is 0 Å². The maximum Gasteiger partial charge on any atom is 0.225 e. The largest absolute Gasteiger partial charge is 0.356 e. The van der Waals surface area contributed by atoms with Crippen LogP contribution in [0.1, 0.15) is 32.1 Å². The molecule has 4 rings (SSSR count). The monoisotopic (exact) mass is 340 g/mol. The number of amides is 1. The smallest absolute Gasteiger partial charge is 0.225 e. The molecule has 132 valence electrons. The minimum absolute atomic E-state index is 0.171. The minimum atomic E-state index is 0.171. The van der Waals surface area contributed by atoms with Crippen molar-refractivity contribution in [3.8, 4) is 5.82 Å². The fourth-order valence-electron chi connectivity index (χ4n) is 3.77. The lowest BCUT2D eigenvalue weighted by Gasteiger charge is -2.36. The van der Waals surface area contributed by atoms with Gasteiger partial charge in [-0.05, 0) is 32.1 Å². The molecule has 2 saturated heterocycles. The fourth-order valence-corrected chi connectivity index (χ4v) is 3.77. The van der Waals surface area contributed by atoms with Gasteiger partial charge in [-0.25, -0.2) is 15.0 Å². The van der Waals surface area contributed by atoms with E-state index >= 15 is 0 Å². The van der Waals surface area contributed by atoms with Gasteiger partial charge in [-0.15, -0.1) is 0 Å². The lowest BCUT2D eigenvalue weighted by Crippen LogP contribution is -2.44. The maximum atomic E-state index is 12.7. The molecule has 0 radical (unpaired) electrons. The van der Waals surface area contributed by atoms with Gasteiger partial charge in [0.1, 0.15) is 24.3 Å². The molecule has 0 bridgehead atoms. The van der Waals surface area contributed by atoms with E-state index in [1.807, 2.05) is 16.8 Å².